The van der Waals surface area contributed by atoms with Crippen LogP contribution in [-0.2, 0) is 0 Å². The van der Waals surface area contributed by atoms with Gasteiger partial charge in [-0.2, -0.15) is 0 Å². The van der Waals surface area contributed by atoms with Crippen LogP contribution in [0.15, 0.2) is 173 Å². The number of aromatic nitrogens is 1. The molecule has 0 saturated carbocycles. The van der Waals surface area contributed by atoms with Crippen LogP contribution >= 0.6 is 0 Å². The van der Waals surface area contributed by atoms with Crippen molar-refractivity contribution in [3.8, 4) is 27.9 Å². The van der Waals surface area contributed by atoms with E-state index in [2.05, 4.69) is 150 Å². The van der Waals surface area contributed by atoms with Gasteiger partial charge in [-0.3, -0.25) is 0 Å². The summed E-state index contributed by atoms with van der Waals surface area (Å²) in [5.74, 6) is 0. The largest absolute Gasteiger partial charge is 0.464 e. The standard InChI is InChI=1S/C46H27NO2/c1-2-10-31(11-3-1)47-39-17-9-8-12-32(39)38-26-29(19-22-40(38)47)43-33-13-4-6-15-35(33)44(36-16-7-5-14-34(36)43)30-18-21-37-42(27-30)49-41-23-20-28-24-25-48-46(28)45(37)41/h1-27H. The molecule has 0 spiro atoms. The highest BCUT2D eigenvalue weighted by Crippen LogP contribution is 2.46. The van der Waals surface area contributed by atoms with Crippen LogP contribution in [0.5, 0.6) is 0 Å². The molecule has 11 aromatic rings. The van der Waals surface area contributed by atoms with Crippen molar-refractivity contribution in [3.63, 3.8) is 0 Å². The van der Waals surface area contributed by atoms with E-state index in [1.807, 2.05) is 12.1 Å². The van der Waals surface area contributed by atoms with E-state index in [0.29, 0.717) is 0 Å². The summed E-state index contributed by atoms with van der Waals surface area (Å²) < 4.78 is 14.7. The molecule has 49 heavy (non-hydrogen) atoms. The van der Waals surface area contributed by atoms with Crippen molar-refractivity contribution in [3.05, 3.63) is 164 Å². The number of para-hydroxylation sites is 2. The van der Waals surface area contributed by atoms with Gasteiger partial charge in [-0.05, 0) is 104 Å². The van der Waals surface area contributed by atoms with Crippen LogP contribution in [-0.4, -0.2) is 4.57 Å². The molecule has 0 aliphatic carbocycles. The normalized spacial score (nSPS) is 12.1. The molecule has 0 radical (unpaired) electrons. The monoisotopic (exact) mass is 625 g/mol. The van der Waals surface area contributed by atoms with Gasteiger partial charge in [0.2, 0.25) is 0 Å². The predicted molar refractivity (Wildman–Crippen MR) is 204 cm³/mol. The molecule has 3 aromatic heterocycles. The molecule has 0 atom stereocenters. The molecule has 3 heteroatoms. The number of fused-ring (bicyclic) bond motifs is 10. The number of hydrogen-bond acceptors (Lipinski definition) is 2. The molecule has 11 rings (SSSR count). The molecule has 0 amide bonds. The highest BCUT2D eigenvalue weighted by Gasteiger charge is 2.20. The minimum atomic E-state index is 0.837. The van der Waals surface area contributed by atoms with Gasteiger partial charge in [0.1, 0.15) is 16.7 Å². The first-order valence-electron chi connectivity index (χ1n) is 16.7. The molecule has 228 valence electrons. The van der Waals surface area contributed by atoms with Crippen LogP contribution in [0.2, 0.25) is 0 Å². The van der Waals surface area contributed by atoms with Crippen molar-refractivity contribution in [2.75, 3.05) is 0 Å². The highest BCUT2D eigenvalue weighted by atomic mass is 16.3. The SMILES string of the molecule is c1ccc(-n2c3ccccc3c3cc(-c4c5ccccc5c(-c5ccc6c(c5)oc5ccc7ccoc7c56)c5ccccc45)ccc32)cc1. The van der Waals surface area contributed by atoms with Crippen molar-refractivity contribution in [1.29, 1.82) is 0 Å². The average molecular weight is 626 g/mol. The summed E-state index contributed by atoms with van der Waals surface area (Å²) in [6.45, 7) is 0. The van der Waals surface area contributed by atoms with Crippen LogP contribution in [0.3, 0.4) is 0 Å². The summed E-state index contributed by atoms with van der Waals surface area (Å²) in [6, 6.07) is 56.7. The van der Waals surface area contributed by atoms with E-state index in [1.165, 1.54) is 60.0 Å². The molecule has 0 bridgehead atoms. The third-order valence-corrected chi connectivity index (χ3v) is 10.3. The quantitative estimate of drug-likeness (QED) is 0.183. The minimum absolute atomic E-state index is 0.837. The van der Waals surface area contributed by atoms with E-state index >= 15 is 0 Å². The van der Waals surface area contributed by atoms with E-state index in [-0.39, 0.29) is 0 Å². The third-order valence-electron chi connectivity index (χ3n) is 10.3. The first-order chi connectivity index (χ1) is 24.3. The third kappa shape index (κ3) is 3.73. The lowest BCUT2D eigenvalue weighted by molar-refractivity contribution is 0.618. The van der Waals surface area contributed by atoms with Gasteiger partial charge >= 0.3 is 0 Å². The Balaban J connectivity index is 1.18. The van der Waals surface area contributed by atoms with Crippen molar-refractivity contribution >= 4 is 76.3 Å². The zero-order chi connectivity index (χ0) is 32.1. The molecule has 0 unspecified atom stereocenters. The van der Waals surface area contributed by atoms with Crippen LogP contribution in [0.1, 0.15) is 0 Å². The molecular formula is C46H27NO2. The Labute approximate surface area is 280 Å². The van der Waals surface area contributed by atoms with Gasteiger partial charge in [-0.15, -0.1) is 0 Å². The molecule has 0 N–H and O–H groups in total. The Hall–Kier alpha value is -6.58. The van der Waals surface area contributed by atoms with Crippen molar-refractivity contribution in [1.82, 2.24) is 4.57 Å². The number of benzene rings is 8. The number of nitrogens with zero attached hydrogens (tertiary/aromatic N) is 1. The second-order valence-corrected chi connectivity index (χ2v) is 12.9. The van der Waals surface area contributed by atoms with Gasteiger partial charge in [-0.1, -0.05) is 97.1 Å². The topological polar surface area (TPSA) is 31.2 Å². The molecule has 8 aromatic carbocycles. The van der Waals surface area contributed by atoms with Crippen LogP contribution in [0, 0.1) is 0 Å². The van der Waals surface area contributed by atoms with Crippen molar-refractivity contribution in [2.45, 2.75) is 0 Å². The Kier molecular flexibility index (Phi) is 5.38. The van der Waals surface area contributed by atoms with Gasteiger partial charge in [0.25, 0.3) is 0 Å². The maximum absolute atomic E-state index is 6.46. The van der Waals surface area contributed by atoms with Crippen molar-refractivity contribution in [2.24, 2.45) is 0 Å². The highest BCUT2D eigenvalue weighted by molar-refractivity contribution is 6.23. The first kappa shape index (κ1) is 26.5. The van der Waals surface area contributed by atoms with Gasteiger partial charge in [0, 0.05) is 27.2 Å². The van der Waals surface area contributed by atoms with Crippen LogP contribution in [0.25, 0.3) is 104 Å². The lowest BCUT2D eigenvalue weighted by Crippen LogP contribution is -1.93. The summed E-state index contributed by atoms with van der Waals surface area (Å²) in [5, 5.41) is 10.5. The van der Waals surface area contributed by atoms with Crippen molar-refractivity contribution < 1.29 is 8.83 Å². The number of furan rings is 2. The maximum atomic E-state index is 6.46. The average Bonchev–Trinajstić information content (AvgIpc) is 3.87. The van der Waals surface area contributed by atoms with Gasteiger partial charge in [0.05, 0.1) is 22.7 Å². The molecule has 0 aliphatic heterocycles. The van der Waals surface area contributed by atoms with E-state index in [1.54, 1.807) is 6.26 Å². The lowest BCUT2D eigenvalue weighted by Gasteiger charge is -2.18. The zero-order valence-electron chi connectivity index (χ0n) is 26.4. The summed E-state index contributed by atoms with van der Waals surface area (Å²) >= 11 is 0. The number of rotatable bonds is 3. The second-order valence-electron chi connectivity index (χ2n) is 12.9. The predicted octanol–water partition coefficient (Wildman–Crippen LogP) is 13.1. The number of hydrogen-bond donors (Lipinski definition) is 0. The molecule has 0 fully saturated rings. The molecular weight excluding hydrogens is 599 g/mol. The summed E-state index contributed by atoms with van der Waals surface area (Å²) in [6.07, 6.45) is 1.75. The summed E-state index contributed by atoms with van der Waals surface area (Å²) in [5.41, 5.74) is 10.9. The fraction of sp³-hybridized carbons (Fsp3) is 0. The summed E-state index contributed by atoms with van der Waals surface area (Å²) in [4.78, 5) is 0. The molecule has 0 saturated heterocycles. The Bertz CT molecular complexity index is 3050. The molecule has 0 aliphatic rings. The van der Waals surface area contributed by atoms with Gasteiger partial charge in [0.15, 0.2) is 0 Å². The Morgan fingerprint density at radius 3 is 1.76 bits per heavy atom. The van der Waals surface area contributed by atoms with Gasteiger partial charge in [-0.25, -0.2) is 0 Å². The van der Waals surface area contributed by atoms with E-state index in [4.69, 9.17) is 8.83 Å². The molecule has 3 nitrogen and oxygen atoms in total. The van der Waals surface area contributed by atoms with E-state index in [0.717, 1.165) is 44.2 Å². The lowest BCUT2D eigenvalue weighted by atomic mass is 9.85. The van der Waals surface area contributed by atoms with Crippen LogP contribution < -0.4 is 0 Å². The Morgan fingerprint density at radius 1 is 0.408 bits per heavy atom. The van der Waals surface area contributed by atoms with Crippen LogP contribution in [0.4, 0.5) is 0 Å². The first-order valence-corrected chi connectivity index (χ1v) is 16.7. The maximum Gasteiger partial charge on any atom is 0.145 e. The fourth-order valence-electron chi connectivity index (χ4n) is 8.18. The Morgan fingerprint density at radius 2 is 1.02 bits per heavy atom. The molecule has 3 heterocycles. The zero-order valence-corrected chi connectivity index (χ0v) is 26.4. The van der Waals surface area contributed by atoms with E-state index < -0.39 is 0 Å². The fourth-order valence-corrected chi connectivity index (χ4v) is 8.18. The minimum Gasteiger partial charge on any atom is -0.464 e. The van der Waals surface area contributed by atoms with Gasteiger partial charge < -0.3 is 13.4 Å². The second kappa shape index (κ2) is 9.96. The van der Waals surface area contributed by atoms with E-state index in [9.17, 15) is 0 Å². The summed E-state index contributed by atoms with van der Waals surface area (Å²) in [7, 11) is 0. The smallest absolute Gasteiger partial charge is 0.145 e.